The first-order chi connectivity index (χ1) is 7.80. The molecule has 0 unspecified atom stereocenters. The van der Waals surface area contributed by atoms with E-state index in [1.54, 1.807) is 0 Å². The third-order valence-electron chi connectivity index (χ3n) is 4.27. The van der Waals surface area contributed by atoms with Crippen LogP contribution in [0.25, 0.3) is 0 Å². The van der Waals surface area contributed by atoms with Crippen molar-refractivity contribution in [2.24, 2.45) is 5.41 Å². The zero-order chi connectivity index (χ0) is 11.0. The fourth-order valence-corrected chi connectivity index (χ4v) is 3.41. The SMILES string of the molecule is Cc1nc([C@H]2CNCC23CCCCC3)no1. The smallest absolute Gasteiger partial charge is 0.223 e. The zero-order valence-electron chi connectivity index (χ0n) is 9.83. The van der Waals surface area contributed by atoms with Crippen molar-refractivity contribution in [3.05, 3.63) is 11.7 Å². The molecule has 2 aliphatic rings. The maximum absolute atomic E-state index is 5.12. The minimum absolute atomic E-state index is 0.411. The number of aryl methyl sites for hydroxylation is 1. The van der Waals surface area contributed by atoms with Crippen LogP contribution >= 0.6 is 0 Å². The summed E-state index contributed by atoms with van der Waals surface area (Å²) in [6.45, 7) is 4.01. The first-order valence-corrected chi connectivity index (χ1v) is 6.31. The van der Waals surface area contributed by atoms with E-state index in [0.29, 0.717) is 17.2 Å². The molecule has 3 rings (SSSR count). The molecular formula is C12H19N3O. The van der Waals surface area contributed by atoms with E-state index in [-0.39, 0.29) is 0 Å². The third kappa shape index (κ3) is 1.56. The van der Waals surface area contributed by atoms with Crippen LogP contribution in [0.4, 0.5) is 0 Å². The summed E-state index contributed by atoms with van der Waals surface area (Å²) in [6.07, 6.45) is 6.74. The van der Waals surface area contributed by atoms with Gasteiger partial charge < -0.3 is 9.84 Å². The van der Waals surface area contributed by atoms with Gasteiger partial charge in [-0.25, -0.2) is 0 Å². The van der Waals surface area contributed by atoms with Gasteiger partial charge in [-0.05, 0) is 18.3 Å². The van der Waals surface area contributed by atoms with Crippen LogP contribution in [0.5, 0.6) is 0 Å². The van der Waals surface area contributed by atoms with Crippen molar-refractivity contribution < 1.29 is 4.52 Å². The standard InChI is InChI=1S/C12H19N3O/c1-9-14-11(15-16-9)10-7-13-8-12(10)5-3-2-4-6-12/h10,13H,2-8H2,1H3/t10-/m1/s1. The Bertz CT molecular complexity index is 368. The molecule has 1 aromatic heterocycles. The van der Waals surface area contributed by atoms with E-state index in [2.05, 4.69) is 15.5 Å². The van der Waals surface area contributed by atoms with Crippen LogP contribution in [-0.2, 0) is 0 Å². The van der Waals surface area contributed by atoms with Crippen molar-refractivity contribution in [2.45, 2.75) is 44.9 Å². The second-order valence-electron chi connectivity index (χ2n) is 5.28. The van der Waals surface area contributed by atoms with Gasteiger partial charge in [-0.15, -0.1) is 0 Å². The van der Waals surface area contributed by atoms with Gasteiger partial charge in [-0.3, -0.25) is 0 Å². The number of hydrogen-bond donors (Lipinski definition) is 1. The van der Waals surface area contributed by atoms with Gasteiger partial charge in [0.15, 0.2) is 5.82 Å². The van der Waals surface area contributed by atoms with Gasteiger partial charge in [0.25, 0.3) is 0 Å². The van der Waals surface area contributed by atoms with E-state index >= 15 is 0 Å². The summed E-state index contributed by atoms with van der Waals surface area (Å²) < 4.78 is 5.12. The normalized spacial score (nSPS) is 28.7. The molecule has 4 nitrogen and oxygen atoms in total. The lowest BCUT2D eigenvalue weighted by Gasteiger charge is -2.36. The lowest BCUT2D eigenvalue weighted by Crippen LogP contribution is -2.31. The summed E-state index contributed by atoms with van der Waals surface area (Å²) in [5.74, 6) is 2.07. The summed E-state index contributed by atoms with van der Waals surface area (Å²) in [6, 6.07) is 0. The van der Waals surface area contributed by atoms with Crippen molar-refractivity contribution in [3.63, 3.8) is 0 Å². The Labute approximate surface area is 95.8 Å². The number of nitrogens with zero attached hydrogens (tertiary/aromatic N) is 2. The summed E-state index contributed by atoms with van der Waals surface area (Å²) >= 11 is 0. The molecule has 1 atom stereocenters. The quantitative estimate of drug-likeness (QED) is 0.788. The molecule has 2 heterocycles. The van der Waals surface area contributed by atoms with Crippen molar-refractivity contribution in [3.8, 4) is 0 Å². The van der Waals surface area contributed by atoms with Gasteiger partial charge in [0.1, 0.15) is 0 Å². The van der Waals surface area contributed by atoms with Crippen molar-refractivity contribution in [2.75, 3.05) is 13.1 Å². The highest BCUT2D eigenvalue weighted by Crippen LogP contribution is 2.48. The average Bonchev–Trinajstić information content (AvgIpc) is 2.87. The molecule has 1 saturated heterocycles. The predicted molar refractivity (Wildman–Crippen MR) is 60.2 cm³/mol. The molecule has 1 aliphatic carbocycles. The topological polar surface area (TPSA) is 51.0 Å². The lowest BCUT2D eigenvalue weighted by molar-refractivity contribution is 0.182. The highest BCUT2D eigenvalue weighted by atomic mass is 16.5. The Morgan fingerprint density at radius 2 is 2.12 bits per heavy atom. The van der Waals surface area contributed by atoms with Gasteiger partial charge in [0, 0.05) is 25.9 Å². The van der Waals surface area contributed by atoms with Crippen LogP contribution in [-0.4, -0.2) is 23.2 Å². The first kappa shape index (κ1) is 10.3. The summed E-state index contributed by atoms with van der Waals surface area (Å²) in [7, 11) is 0. The molecule has 88 valence electrons. The van der Waals surface area contributed by atoms with E-state index in [4.69, 9.17) is 4.52 Å². The molecule has 1 aliphatic heterocycles. The predicted octanol–water partition coefficient (Wildman–Crippen LogP) is 2.02. The number of hydrogen-bond acceptors (Lipinski definition) is 4. The van der Waals surface area contributed by atoms with E-state index in [1.165, 1.54) is 32.1 Å². The van der Waals surface area contributed by atoms with Gasteiger partial charge in [-0.2, -0.15) is 4.98 Å². The second kappa shape index (κ2) is 3.84. The average molecular weight is 221 g/mol. The maximum atomic E-state index is 5.12. The van der Waals surface area contributed by atoms with E-state index < -0.39 is 0 Å². The molecule has 0 bridgehead atoms. The minimum atomic E-state index is 0.411. The maximum Gasteiger partial charge on any atom is 0.223 e. The molecule has 16 heavy (non-hydrogen) atoms. The molecule has 0 radical (unpaired) electrons. The molecule has 2 fully saturated rings. The molecule has 0 amide bonds. The summed E-state index contributed by atoms with van der Waals surface area (Å²) in [4.78, 5) is 4.42. The first-order valence-electron chi connectivity index (χ1n) is 6.31. The van der Waals surface area contributed by atoms with Gasteiger partial charge in [0.05, 0.1) is 0 Å². The summed E-state index contributed by atoms with van der Waals surface area (Å²) in [5, 5.41) is 7.64. The Morgan fingerprint density at radius 1 is 1.31 bits per heavy atom. The van der Waals surface area contributed by atoms with Crippen LogP contribution in [0.1, 0.15) is 49.7 Å². The number of rotatable bonds is 1. The number of nitrogens with one attached hydrogen (secondary N) is 1. The Hall–Kier alpha value is -0.900. The van der Waals surface area contributed by atoms with Crippen LogP contribution < -0.4 is 5.32 Å². The van der Waals surface area contributed by atoms with Gasteiger partial charge in [0.2, 0.25) is 5.89 Å². The van der Waals surface area contributed by atoms with Crippen LogP contribution in [0.15, 0.2) is 4.52 Å². The highest BCUT2D eigenvalue weighted by molar-refractivity contribution is 5.10. The Kier molecular flexibility index (Phi) is 2.46. The van der Waals surface area contributed by atoms with Crippen LogP contribution in [0, 0.1) is 12.3 Å². The molecule has 1 saturated carbocycles. The fraction of sp³-hybridized carbons (Fsp3) is 0.833. The van der Waals surface area contributed by atoms with Crippen LogP contribution in [0.3, 0.4) is 0 Å². The Morgan fingerprint density at radius 3 is 2.81 bits per heavy atom. The highest BCUT2D eigenvalue weighted by Gasteiger charge is 2.46. The largest absolute Gasteiger partial charge is 0.340 e. The minimum Gasteiger partial charge on any atom is -0.340 e. The third-order valence-corrected chi connectivity index (χ3v) is 4.27. The van der Waals surface area contributed by atoms with Gasteiger partial charge >= 0.3 is 0 Å². The zero-order valence-corrected chi connectivity index (χ0v) is 9.83. The van der Waals surface area contributed by atoms with Crippen molar-refractivity contribution >= 4 is 0 Å². The van der Waals surface area contributed by atoms with E-state index in [9.17, 15) is 0 Å². The van der Waals surface area contributed by atoms with Crippen LogP contribution in [0.2, 0.25) is 0 Å². The molecule has 0 aromatic carbocycles. The monoisotopic (exact) mass is 221 g/mol. The number of aromatic nitrogens is 2. The lowest BCUT2D eigenvalue weighted by atomic mass is 9.67. The molecule has 4 heteroatoms. The van der Waals surface area contributed by atoms with Crippen molar-refractivity contribution in [1.29, 1.82) is 0 Å². The Balaban J connectivity index is 1.88. The molecule has 1 N–H and O–H groups in total. The van der Waals surface area contributed by atoms with E-state index in [1.807, 2.05) is 6.92 Å². The van der Waals surface area contributed by atoms with Crippen molar-refractivity contribution in [1.82, 2.24) is 15.5 Å². The summed E-state index contributed by atoms with van der Waals surface area (Å²) in [5.41, 5.74) is 0.411. The van der Waals surface area contributed by atoms with E-state index in [0.717, 1.165) is 18.9 Å². The molecule has 1 aromatic rings. The second-order valence-corrected chi connectivity index (χ2v) is 5.28. The van der Waals surface area contributed by atoms with Gasteiger partial charge in [-0.1, -0.05) is 24.4 Å². The fourth-order valence-electron chi connectivity index (χ4n) is 3.41. The molecule has 1 spiro atoms. The molecular weight excluding hydrogens is 202 g/mol.